The van der Waals surface area contributed by atoms with Gasteiger partial charge in [-0.15, -0.1) is 11.3 Å². The average Bonchev–Trinajstić information content (AvgIpc) is 3.47. The molecule has 0 saturated heterocycles. The van der Waals surface area contributed by atoms with Crippen molar-refractivity contribution in [1.29, 1.82) is 0 Å². The number of rotatable bonds is 4. The summed E-state index contributed by atoms with van der Waals surface area (Å²) in [6.07, 6.45) is 2.04. The van der Waals surface area contributed by atoms with Crippen molar-refractivity contribution >= 4 is 81.0 Å². The molecular formula is C41H26N2S. The predicted molar refractivity (Wildman–Crippen MR) is 190 cm³/mol. The number of benzene rings is 7. The largest absolute Gasteiger partial charge is 0.295 e. The van der Waals surface area contributed by atoms with Crippen molar-refractivity contribution in [3.63, 3.8) is 0 Å². The lowest BCUT2D eigenvalue weighted by Crippen LogP contribution is -2.11. The van der Waals surface area contributed by atoms with Crippen LogP contribution in [0.3, 0.4) is 0 Å². The second kappa shape index (κ2) is 10.0. The van der Waals surface area contributed by atoms with Crippen molar-refractivity contribution in [2.24, 2.45) is 0 Å². The number of pyridine rings is 1. The van der Waals surface area contributed by atoms with Crippen molar-refractivity contribution < 1.29 is 0 Å². The van der Waals surface area contributed by atoms with Crippen LogP contribution < -0.4 is 4.90 Å². The van der Waals surface area contributed by atoms with Gasteiger partial charge < -0.3 is 0 Å². The third kappa shape index (κ3) is 4.05. The van der Waals surface area contributed by atoms with Gasteiger partial charge in [-0.25, -0.2) is 4.98 Å². The fraction of sp³-hybridized carbons (Fsp3) is 0. The minimum absolute atomic E-state index is 0.904. The van der Waals surface area contributed by atoms with Crippen LogP contribution >= 0.6 is 11.3 Å². The lowest BCUT2D eigenvalue weighted by molar-refractivity contribution is 1.20. The summed E-state index contributed by atoms with van der Waals surface area (Å²) in [5.74, 6) is 0.904. The summed E-state index contributed by atoms with van der Waals surface area (Å²) in [4.78, 5) is 7.38. The average molecular weight is 579 g/mol. The van der Waals surface area contributed by atoms with Crippen LogP contribution in [0, 0.1) is 0 Å². The number of aromatic nitrogens is 1. The zero-order valence-electron chi connectivity index (χ0n) is 23.8. The van der Waals surface area contributed by atoms with Gasteiger partial charge in [-0.3, -0.25) is 4.90 Å². The molecule has 2 aromatic heterocycles. The van der Waals surface area contributed by atoms with Gasteiger partial charge in [-0.2, -0.15) is 0 Å². The van der Waals surface area contributed by atoms with Crippen LogP contribution in [0.25, 0.3) is 63.6 Å². The number of hydrogen-bond acceptors (Lipinski definition) is 3. The second-order valence-electron chi connectivity index (χ2n) is 11.2. The molecule has 0 radical (unpaired) electrons. The van der Waals surface area contributed by atoms with E-state index in [0.717, 1.165) is 17.2 Å². The van der Waals surface area contributed by atoms with Gasteiger partial charge in [0.2, 0.25) is 0 Å². The summed E-state index contributed by atoms with van der Waals surface area (Å²) in [5.41, 5.74) is 4.55. The van der Waals surface area contributed by atoms with Gasteiger partial charge in [0.15, 0.2) is 0 Å². The van der Waals surface area contributed by atoms with Gasteiger partial charge in [-0.05, 0) is 79.8 Å². The minimum Gasteiger partial charge on any atom is -0.295 e. The molecule has 0 aliphatic rings. The SMILES string of the molecule is c1ccc(-c2ccc(N(c3ccc4ccc5ccc6ccccc6c5c4c3)c3cc4sc5ccccc5c4cn3)cc2)cc1. The summed E-state index contributed by atoms with van der Waals surface area (Å²) in [6, 6.07) is 54.6. The Labute approximate surface area is 259 Å². The molecule has 0 amide bonds. The van der Waals surface area contributed by atoms with E-state index in [1.165, 1.54) is 63.6 Å². The molecule has 0 aliphatic heterocycles. The van der Waals surface area contributed by atoms with Gasteiger partial charge in [-0.1, -0.05) is 115 Å². The quantitative estimate of drug-likeness (QED) is 0.193. The third-order valence-corrected chi connectivity index (χ3v) is 9.81. The molecule has 0 aliphatic carbocycles. The molecule has 7 aromatic carbocycles. The molecule has 0 saturated carbocycles. The van der Waals surface area contributed by atoms with E-state index in [2.05, 4.69) is 157 Å². The van der Waals surface area contributed by atoms with Gasteiger partial charge >= 0.3 is 0 Å². The highest BCUT2D eigenvalue weighted by atomic mass is 32.1. The van der Waals surface area contributed by atoms with Crippen LogP contribution in [-0.2, 0) is 0 Å². The molecule has 0 bridgehead atoms. The number of nitrogens with zero attached hydrogens (tertiary/aromatic N) is 2. The summed E-state index contributed by atoms with van der Waals surface area (Å²) in [5, 5.41) is 9.99. The summed E-state index contributed by atoms with van der Waals surface area (Å²) in [6.45, 7) is 0. The first-order chi connectivity index (χ1) is 21.8. The van der Waals surface area contributed by atoms with E-state index < -0.39 is 0 Å². The van der Waals surface area contributed by atoms with Gasteiger partial charge in [0.1, 0.15) is 5.82 Å². The van der Waals surface area contributed by atoms with Crippen LogP contribution in [0.4, 0.5) is 17.2 Å². The molecule has 9 rings (SSSR count). The number of thiophene rings is 1. The molecule has 9 aromatic rings. The Morgan fingerprint density at radius 2 is 1.07 bits per heavy atom. The Morgan fingerprint density at radius 3 is 1.91 bits per heavy atom. The zero-order chi connectivity index (χ0) is 29.0. The van der Waals surface area contributed by atoms with E-state index in [-0.39, 0.29) is 0 Å². The minimum atomic E-state index is 0.904. The highest BCUT2D eigenvalue weighted by molar-refractivity contribution is 7.25. The molecule has 0 unspecified atom stereocenters. The molecule has 3 heteroatoms. The molecule has 2 heterocycles. The molecule has 0 fully saturated rings. The Balaban J connectivity index is 1.27. The van der Waals surface area contributed by atoms with Crippen molar-refractivity contribution in [3.05, 3.63) is 158 Å². The smallest absolute Gasteiger partial charge is 0.138 e. The van der Waals surface area contributed by atoms with Crippen molar-refractivity contribution in [2.45, 2.75) is 0 Å². The highest BCUT2D eigenvalue weighted by Crippen LogP contribution is 2.41. The summed E-state index contributed by atoms with van der Waals surface area (Å²) < 4.78 is 2.52. The predicted octanol–water partition coefficient (Wildman–Crippen LogP) is 12.0. The third-order valence-electron chi connectivity index (χ3n) is 8.68. The van der Waals surface area contributed by atoms with E-state index in [0.29, 0.717) is 0 Å². The maximum absolute atomic E-state index is 5.09. The Bertz CT molecular complexity index is 2490. The first kappa shape index (κ1) is 25.0. The van der Waals surface area contributed by atoms with E-state index in [1.807, 2.05) is 17.5 Å². The van der Waals surface area contributed by atoms with E-state index >= 15 is 0 Å². The van der Waals surface area contributed by atoms with Crippen molar-refractivity contribution in [3.8, 4) is 11.1 Å². The number of fused-ring (bicyclic) bond motifs is 8. The molecule has 2 nitrogen and oxygen atoms in total. The number of hydrogen-bond donors (Lipinski definition) is 0. The molecular weight excluding hydrogens is 553 g/mol. The van der Waals surface area contributed by atoms with Crippen LogP contribution in [-0.4, -0.2) is 4.98 Å². The zero-order valence-corrected chi connectivity index (χ0v) is 24.6. The van der Waals surface area contributed by atoms with E-state index in [9.17, 15) is 0 Å². The summed E-state index contributed by atoms with van der Waals surface area (Å²) >= 11 is 1.82. The normalized spacial score (nSPS) is 11.6. The standard InChI is InChI=1S/C41H26N2S/c1-2-8-27(9-3-1)28-18-21-32(22-19-28)43(40-25-39-37(26-42-40)35-12-6-7-13-38(35)44-39)33-23-20-30-15-17-31-16-14-29-10-4-5-11-34(29)41(31)36(30)24-33/h1-26H. The number of anilines is 3. The molecule has 44 heavy (non-hydrogen) atoms. The Morgan fingerprint density at radius 1 is 0.432 bits per heavy atom. The van der Waals surface area contributed by atoms with Crippen LogP contribution in [0.1, 0.15) is 0 Å². The van der Waals surface area contributed by atoms with Gasteiger partial charge in [0, 0.05) is 37.7 Å². The maximum atomic E-state index is 5.09. The molecule has 0 spiro atoms. The second-order valence-corrected chi connectivity index (χ2v) is 12.3. The Kier molecular flexibility index (Phi) is 5.71. The molecule has 206 valence electrons. The lowest BCUT2D eigenvalue weighted by Gasteiger charge is -2.25. The van der Waals surface area contributed by atoms with Gasteiger partial charge in [0.25, 0.3) is 0 Å². The maximum Gasteiger partial charge on any atom is 0.138 e. The molecule has 0 N–H and O–H groups in total. The van der Waals surface area contributed by atoms with Gasteiger partial charge in [0.05, 0.1) is 0 Å². The molecule has 0 atom stereocenters. The van der Waals surface area contributed by atoms with Crippen LogP contribution in [0.2, 0.25) is 0 Å². The van der Waals surface area contributed by atoms with E-state index in [4.69, 9.17) is 4.98 Å². The Hall–Kier alpha value is -5.51. The topological polar surface area (TPSA) is 16.1 Å². The fourth-order valence-electron chi connectivity index (χ4n) is 6.53. The lowest BCUT2D eigenvalue weighted by atomic mass is 9.96. The fourth-order valence-corrected chi connectivity index (χ4v) is 7.64. The monoisotopic (exact) mass is 578 g/mol. The van der Waals surface area contributed by atoms with Crippen molar-refractivity contribution in [2.75, 3.05) is 4.90 Å². The summed E-state index contributed by atoms with van der Waals surface area (Å²) in [7, 11) is 0. The van der Waals surface area contributed by atoms with E-state index in [1.54, 1.807) is 0 Å². The van der Waals surface area contributed by atoms with Crippen LogP contribution in [0.5, 0.6) is 0 Å². The first-order valence-electron chi connectivity index (χ1n) is 14.9. The van der Waals surface area contributed by atoms with Crippen molar-refractivity contribution in [1.82, 2.24) is 4.98 Å². The van der Waals surface area contributed by atoms with Crippen LogP contribution in [0.15, 0.2) is 158 Å². The first-order valence-corrected chi connectivity index (χ1v) is 15.7. The highest BCUT2D eigenvalue weighted by Gasteiger charge is 2.18.